The normalized spacial score (nSPS) is 12.0. The molecule has 2 aromatic carbocycles. The van der Waals surface area contributed by atoms with Crippen molar-refractivity contribution >= 4 is 39.5 Å². The van der Waals surface area contributed by atoms with Gasteiger partial charge in [-0.2, -0.15) is 5.10 Å². The van der Waals surface area contributed by atoms with E-state index in [4.69, 9.17) is 16.7 Å². The molecule has 0 aliphatic heterocycles. The van der Waals surface area contributed by atoms with Crippen LogP contribution in [0, 0.1) is 4.91 Å². The number of primary sulfonamides is 1. The fraction of sp³-hybridized carbons (Fsp3) is 0.200. The number of hydrogen-bond donors (Lipinski definition) is 2. The van der Waals surface area contributed by atoms with Crippen molar-refractivity contribution in [1.82, 2.24) is 9.78 Å². The number of carboxylic acid groups (broad SMARTS) is 1. The van der Waals surface area contributed by atoms with E-state index in [-0.39, 0.29) is 17.0 Å². The number of aromatic carboxylic acids is 1. The molecular weight excluding hydrogens is 476 g/mol. The fourth-order valence-corrected chi connectivity index (χ4v) is 4.27. The average molecular weight is 495 g/mol. The first-order chi connectivity index (χ1) is 14.9. The van der Waals surface area contributed by atoms with Crippen LogP contribution >= 0.6 is 23.5 Å². The minimum Gasteiger partial charge on any atom is -0.476 e. The summed E-state index contributed by atoms with van der Waals surface area (Å²) in [5.41, 5.74) is 1.75. The monoisotopic (exact) mass is 494 g/mol. The van der Waals surface area contributed by atoms with E-state index in [1.807, 2.05) is 0 Å². The van der Waals surface area contributed by atoms with Crippen molar-refractivity contribution in [2.45, 2.75) is 29.9 Å². The third-order valence-electron chi connectivity index (χ3n) is 4.60. The standard InChI is InChI=1S/C20H19ClN4O5S2/c1-20(2,31-24-28)11-16-17(19(26)27)23-25(18(16)12-3-5-13(21)6-4-12)14-7-9-15(10-8-14)32(22,29)30/h3-10H,11H2,1-2H3,(H,26,27)(H2,22,29,30). The summed E-state index contributed by atoms with van der Waals surface area (Å²) in [7, 11) is -3.90. The van der Waals surface area contributed by atoms with Crippen molar-refractivity contribution in [2.75, 3.05) is 0 Å². The molecule has 0 radical (unpaired) electrons. The van der Waals surface area contributed by atoms with Gasteiger partial charge in [-0.1, -0.05) is 23.7 Å². The van der Waals surface area contributed by atoms with Crippen LogP contribution in [-0.4, -0.2) is 34.0 Å². The lowest BCUT2D eigenvalue weighted by atomic mass is 9.96. The van der Waals surface area contributed by atoms with Crippen molar-refractivity contribution in [3.05, 3.63) is 69.7 Å². The summed E-state index contributed by atoms with van der Waals surface area (Å²) in [6.45, 7) is 3.54. The summed E-state index contributed by atoms with van der Waals surface area (Å²) in [6, 6.07) is 12.4. The van der Waals surface area contributed by atoms with E-state index >= 15 is 0 Å². The van der Waals surface area contributed by atoms with E-state index in [2.05, 4.69) is 9.68 Å². The Kier molecular flexibility index (Phi) is 6.75. The van der Waals surface area contributed by atoms with Crippen molar-refractivity contribution in [3.63, 3.8) is 0 Å². The molecule has 0 spiro atoms. The second kappa shape index (κ2) is 9.02. The van der Waals surface area contributed by atoms with Crippen LogP contribution in [0.5, 0.6) is 0 Å². The van der Waals surface area contributed by atoms with Gasteiger partial charge >= 0.3 is 5.97 Å². The number of carbonyl (C=O) groups is 1. The van der Waals surface area contributed by atoms with E-state index < -0.39 is 20.7 Å². The van der Waals surface area contributed by atoms with Crippen molar-refractivity contribution in [1.29, 1.82) is 0 Å². The number of benzene rings is 2. The van der Waals surface area contributed by atoms with Gasteiger partial charge in [0, 0.05) is 37.4 Å². The van der Waals surface area contributed by atoms with E-state index in [1.165, 1.54) is 28.9 Å². The summed E-state index contributed by atoms with van der Waals surface area (Å²) in [5, 5.41) is 19.8. The van der Waals surface area contributed by atoms with E-state index in [9.17, 15) is 23.2 Å². The second-order valence-electron chi connectivity index (χ2n) is 7.54. The molecule has 0 saturated heterocycles. The predicted octanol–water partition coefficient (Wildman–Crippen LogP) is 4.27. The molecule has 0 aliphatic carbocycles. The maximum absolute atomic E-state index is 12.0. The van der Waals surface area contributed by atoms with E-state index in [0.29, 0.717) is 27.5 Å². The molecule has 3 N–H and O–H groups in total. The Hall–Kier alpha value is -2.73. The first kappa shape index (κ1) is 23.9. The minimum atomic E-state index is -3.90. The topological polar surface area (TPSA) is 145 Å². The highest BCUT2D eigenvalue weighted by Crippen LogP contribution is 2.37. The van der Waals surface area contributed by atoms with Crippen LogP contribution in [0.25, 0.3) is 16.9 Å². The molecule has 32 heavy (non-hydrogen) atoms. The highest BCUT2D eigenvalue weighted by molar-refractivity contribution is 7.99. The van der Waals surface area contributed by atoms with Gasteiger partial charge < -0.3 is 5.11 Å². The van der Waals surface area contributed by atoms with Gasteiger partial charge in [0.2, 0.25) is 10.0 Å². The molecule has 12 heteroatoms. The zero-order chi connectivity index (χ0) is 23.7. The number of halogens is 1. The first-order valence-corrected chi connectivity index (χ1v) is 11.9. The lowest BCUT2D eigenvalue weighted by molar-refractivity contribution is 0.0688. The van der Waals surface area contributed by atoms with Gasteiger partial charge in [-0.25, -0.2) is 23.0 Å². The highest BCUT2D eigenvalue weighted by Gasteiger charge is 2.31. The number of hydrogen-bond acceptors (Lipinski definition) is 7. The van der Waals surface area contributed by atoms with Gasteiger partial charge in [0.25, 0.3) is 0 Å². The molecule has 3 rings (SSSR count). The summed E-state index contributed by atoms with van der Waals surface area (Å²) >= 11 is 6.83. The van der Waals surface area contributed by atoms with Gasteiger partial charge in [-0.05, 0) is 56.7 Å². The molecule has 3 aromatic rings. The Morgan fingerprint density at radius 3 is 2.28 bits per heavy atom. The van der Waals surface area contributed by atoms with E-state index in [0.717, 1.165) is 11.9 Å². The van der Waals surface area contributed by atoms with Crippen LogP contribution in [0.1, 0.15) is 29.9 Å². The van der Waals surface area contributed by atoms with Gasteiger partial charge in [-0.15, -0.1) is 4.91 Å². The molecule has 9 nitrogen and oxygen atoms in total. The lowest BCUT2D eigenvalue weighted by Gasteiger charge is -2.20. The van der Waals surface area contributed by atoms with Crippen LogP contribution in [0.15, 0.2) is 58.0 Å². The minimum absolute atomic E-state index is 0.0882. The number of aromatic nitrogens is 2. The van der Waals surface area contributed by atoms with Gasteiger partial charge in [0.1, 0.15) is 0 Å². The van der Waals surface area contributed by atoms with Crippen molar-refractivity contribution in [2.24, 2.45) is 9.72 Å². The molecule has 0 aliphatic rings. The van der Waals surface area contributed by atoms with Crippen LogP contribution in [-0.2, 0) is 16.4 Å². The van der Waals surface area contributed by atoms with Gasteiger partial charge in [0.15, 0.2) is 5.69 Å². The first-order valence-electron chi connectivity index (χ1n) is 9.18. The molecule has 0 fully saturated rings. The third kappa shape index (κ3) is 5.18. The second-order valence-corrected chi connectivity index (χ2v) is 11.0. The SMILES string of the molecule is CC(C)(Cc1c(C(=O)O)nn(-c2ccc(S(N)(=O)=O)cc2)c1-c1ccc(Cl)cc1)SN=O. The number of rotatable bonds is 8. The molecule has 0 atom stereocenters. The lowest BCUT2D eigenvalue weighted by Crippen LogP contribution is -2.19. The highest BCUT2D eigenvalue weighted by atomic mass is 35.5. The molecule has 0 unspecified atom stereocenters. The molecular formula is C20H19ClN4O5S2. The number of nitrogens with two attached hydrogens (primary N) is 1. The van der Waals surface area contributed by atoms with Crippen LogP contribution in [0.2, 0.25) is 5.02 Å². The van der Waals surface area contributed by atoms with Crippen molar-refractivity contribution in [3.8, 4) is 16.9 Å². The maximum atomic E-state index is 12.0. The summed E-state index contributed by atoms with van der Waals surface area (Å²) in [4.78, 5) is 22.8. The smallest absolute Gasteiger partial charge is 0.356 e. The Bertz CT molecular complexity index is 1270. The molecule has 1 heterocycles. The average Bonchev–Trinajstić information content (AvgIpc) is 3.06. The molecule has 1 aromatic heterocycles. The summed E-state index contributed by atoms with van der Waals surface area (Å²) < 4.78 is 26.8. The predicted molar refractivity (Wildman–Crippen MR) is 124 cm³/mol. The molecule has 168 valence electrons. The van der Waals surface area contributed by atoms with Crippen LogP contribution < -0.4 is 5.14 Å². The third-order valence-corrected chi connectivity index (χ3v) is 6.49. The Balaban J connectivity index is 2.29. The van der Waals surface area contributed by atoms with Gasteiger partial charge in [0.05, 0.1) is 16.3 Å². The largest absolute Gasteiger partial charge is 0.476 e. The Labute approximate surface area is 193 Å². The van der Waals surface area contributed by atoms with Crippen LogP contribution in [0.3, 0.4) is 0 Å². The summed E-state index contributed by atoms with van der Waals surface area (Å²) in [5.74, 6) is -1.24. The maximum Gasteiger partial charge on any atom is 0.356 e. The number of nitroso groups, excluding NO2 is 1. The fourth-order valence-electron chi connectivity index (χ4n) is 3.22. The number of nitrogens with zero attached hydrogens (tertiary/aromatic N) is 3. The van der Waals surface area contributed by atoms with Crippen LogP contribution in [0.4, 0.5) is 0 Å². The Morgan fingerprint density at radius 2 is 1.78 bits per heavy atom. The zero-order valence-corrected chi connectivity index (χ0v) is 19.4. The van der Waals surface area contributed by atoms with E-state index in [1.54, 1.807) is 38.1 Å². The quantitative estimate of drug-likeness (QED) is 0.351. The molecule has 0 bridgehead atoms. The molecule has 0 saturated carbocycles. The van der Waals surface area contributed by atoms with Gasteiger partial charge in [-0.3, -0.25) is 0 Å². The zero-order valence-electron chi connectivity index (χ0n) is 17.0. The number of sulfonamides is 1. The number of carboxylic acids is 1. The summed E-state index contributed by atoms with van der Waals surface area (Å²) in [6.07, 6.45) is 0.179. The Morgan fingerprint density at radius 1 is 1.19 bits per heavy atom. The molecule has 0 amide bonds. The van der Waals surface area contributed by atoms with Crippen molar-refractivity contribution < 1.29 is 18.3 Å².